The minimum atomic E-state index is -0.693. The van der Waals surface area contributed by atoms with E-state index in [9.17, 15) is 4.79 Å². The Morgan fingerprint density at radius 3 is 2.58 bits per heavy atom. The number of nitrogens with one attached hydrogen (secondary N) is 1. The van der Waals surface area contributed by atoms with E-state index in [1.54, 1.807) is 0 Å². The smallest absolute Gasteiger partial charge is 0.229 e. The molecule has 1 fully saturated rings. The zero-order valence-electron chi connectivity index (χ0n) is 15.2. The van der Waals surface area contributed by atoms with Crippen molar-refractivity contribution in [1.29, 1.82) is 0 Å². The first-order valence-electron chi connectivity index (χ1n) is 9.01. The molecule has 1 aliphatic carbocycles. The highest BCUT2D eigenvalue weighted by molar-refractivity contribution is 6.30. The van der Waals surface area contributed by atoms with Gasteiger partial charge < -0.3 is 10.1 Å². The summed E-state index contributed by atoms with van der Waals surface area (Å²) in [7, 11) is 0. The van der Waals surface area contributed by atoms with E-state index in [1.165, 1.54) is 5.56 Å². The fourth-order valence-electron chi connectivity index (χ4n) is 3.73. The number of alkyl halides is 1. The molecule has 3 rings (SSSR count). The molecule has 5 heteroatoms. The van der Waals surface area contributed by atoms with E-state index in [1.807, 2.05) is 44.2 Å². The van der Waals surface area contributed by atoms with Crippen molar-refractivity contribution >= 4 is 29.1 Å². The Balaban J connectivity index is 1.76. The zero-order chi connectivity index (χ0) is 18.8. The third-order valence-electron chi connectivity index (χ3n) is 5.79. The summed E-state index contributed by atoms with van der Waals surface area (Å²) in [4.78, 5) is 12.2. The first kappa shape index (κ1) is 19.5. The van der Waals surface area contributed by atoms with Crippen LogP contribution in [0.2, 0.25) is 5.02 Å². The third-order valence-corrected chi connectivity index (χ3v) is 6.58. The van der Waals surface area contributed by atoms with Crippen LogP contribution < -0.4 is 5.32 Å². The number of hydrogen-bond acceptors (Lipinski definition) is 2. The maximum absolute atomic E-state index is 12.9. The van der Waals surface area contributed by atoms with E-state index in [-0.39, 0.29) is 17.2 Å². The van der Waals surface area contributed by atoms with Crippen molar-refractivity contribution < 1.29 is 9.53 Å². The minimum Gasteiger partial charge on any atom is -0.381 e. The lowest BCUT2D eigenvalue weighted by Crippen LogP contribution is -2.49. The number of carbonyl (C=O) groups is 1. The standard InChI is InChI=1S/C21H25Cl2NO2/c1-15-4-3-5-18(20(15,2)23)19(25)24-14-21(10-12-26-13-11-21)16-6-8-17(22)9-7-16/h3-9,18H,10-14H2,1-2H3,(H,24,25). The summed E-state index contributed by atoms with van der Waals surface area (Å²) in [5.41, 5.74) is 2.06. The summed E-state index contributed by atoms with van der Waals surface area (Å²) < 4.78 is 5.56. The molecule has 1 heterocycles. The molecule has 1 saturated heterocycles. The fourth-order valence-corrected chi connectivity index (χ4v) is 4.09. The predicted molar refractivity (Wildman–Crippen MR) is 107 cm³/mol. The Morgan fingerprint density at radius 2 is 1.92 bits per heavy atom. The van der Waals surface area contributed by atoms with Gasteiger partial charge in [0.15, 0.2) is 0 Å². The van der Waals surface area contributed by atoms with Gasteiger partial charge in [-0.1, -0.05) is 47.5 Å². The molecular weight excluding hydrogens is 369 g/mol. The van der Waals surface area contributed by atoms with Crippen LogP contribution in [0.25, 0.3) is 0 Å². The van der Waals surface area contributed by atoms with Crippen molar-refractivity contribution in [3.05, 3.63) is 58.7 Å². The summed E-state index contributed by atoms with van der Waals surface area (Å²) in [6.45, 7) is 5.81. The van der Waals surface area contributed by atoms with Gasteiger partial charge in [-0.2, -0.15) is 0 Å². The van der Waals surface area contributed by atoms with Gasteiger partial charge in [0.1, 0.15) is 0 Å². The van der Waals surface area contributed by atoms with Crippen LogP contribution in [0.5, 0.6) is 0 Å². The van der Waals surface area contributed by atoms with Crippen LogP contribution in [0, 0.1) is 5.92 Å². The topological polar surface area (TPSA) is 38.3 Å². The second-order valence-electron chi connectivity index (χ2n) is 7.41. The Kier molecular flexibility index (Phi) is 5.81. The summed E-state index contributed by atoms with van der Waals surface area (Å²) in [6, 6.07) is 7.92. The highest BCUT2D eigenvalue weighted by Crippen LogP contribution is 2.38. The van der Waals surface area contributed by atoms with Gasteiger partial charge in [-0.3, -0.25) is 4.79 Å². The van der Waals surface area contributed by atoms with E-state index in [4.69, 9.17) is 27.9 Å². The second-order valence-corrected chi connectivity index (χ2v) is 8.63. The zero-order valence-corrected chi connectivity index (χ0v) is 16.7. The largest absolute Gasteiger partial charge is 0.381 e. The molecule has 1 aromatic rings. The van der Waals surface area contributed by atoms with Gasteiger partial charge in [-0.05, 0) is 44.4 Å². The Bertz CT molecular complexity index is 716. The quantitative estimate of drug-likeness (QED) is 0.756. The predicted octanol–water partition coefficient (Wildman–Crippen LogP) is 4.63. The SMILES string of the molecule is CC1=CC=CC(C(=O)NCC2(c3ccc(Cl)cc3)CCOCC2)C1(C)Cl. The van der Waals surface area contributed by atoms with Crippen LogP contribution in [-0.4, -0.2) is 30.5 Å². The lowest BCUT2D eigenvalue weighted by molar-refractivity contribution is -0.124. The monoisotopic (exact) mass is 393 g/mol. The number of allylic oxidation sites excluding steroid dienone is 3. The molecule has 26 heavy (non-hydrogen) atoms. The Morgan fingerprint density at radius 1 is 1.27 bits per heavy atom. The molecule has 2 aliphatic rings. The van der Waals surface area contributed by atoms with Gasteiger partial charge >= 0.3 is 0 Å². The second kappa shape index (κ2) is 7.75. The van der Waals surface area contributed by atoms with Crippen molar-refractivity contribution in [3.8, 4) is 0 Å². The van der Waals surface area contributed by atoms with Crippen LogP contribution in [0.15, 0.2) is 48.1 Å². The number of carbonyl (C=O) groups excluding carboxylic acids is 1. The molecule has 3 nitrogen and oxygen atoms in total. The molecule has 1 N–H and O–H groups in total. The molecule has 0 radical (unpaired) electrons. The van der Waals surface area contributed by atoms with Gasteiger partial charge in [-0.15, -0.1) is 11.6 Å². The van der Waals surface area contributed by atoms with Crippen molar-refractivity contribution in [3.63, 3.8) is 0 Å². The highest BCUT2D eigenvalue weighted by atomic mass is 35.5. The third kappa shape index (κ3) is 3.85. The first-order valence-corrected chi connectivity index (χ1v) is 9.77. The summed E-state index contributed by atoms with van der Waals surface area (Å²) >= 11 is 12.7. The average Bonchev–Trinajstić information content (AvgIpc) is 2.63. The van der Waals surface area contributed by atoms with E-state index in [0.29, 0.717) is 24.8 Å². The number of benzene rings is 1. The van der Waals surface area contributed by atoms with E-state index in [2.05, 4.69) is 17.4 Å². The Hall–Kier alpha value is -1.29. The number of hydrogen-bond donors (Lipinski definition) is 1. The fraction of sp³-hybridized carbons (Fsp3) is 0.476. The molecule has 0 aromatic heterocycles. The molecule has 0 saturated carbocycles. The van der Waals surface area contributed by atoms with Gasteiger partial charge in [0.05, 0.1) is 10.8 Å². The van der Waals surface area contributed by atoms with Crippen LogP contribution in [0.4, 0.5) is 0 Å². The molecule has 1 aliphatic heterocycles. The van der Waals surface area contributed by atoms with E-state index in [0.717, 1.165) is 18.4 Å². The molecule has 2 unspecified atom stereocenters. The molecule has 0 spiro atoms. The normalized spacial score (nSPS) is 27.7. The van der Waals surface area contributed by atoms with Crippen molar-refractivity contribution in [1.82, 2.24) is 5.32 Å². The van der Waals surface area contributed by atoms with E-state index >= 15 is 0 Å². The molecule has 2 atom stereocenters. The number of amides is 1. The van der Waals surface area contributed by atoms with Crippen molar-refractivity contribution in [2.45, 2.75) is 37.0 Å². The van der Waals surface area contributed by atoms with Gasteiger partial charge in [0.25, 0.3) is 0 Å². The van der Waals surface area contributed by atoms with Crippen LogP contribution in [0.3, 0.4) is 0 Å². The average molecular weight is 394 g/mol. The first-order chi connectivity index (χ1) is 12.3. The lowest BCUT2D eigenvalue weighted by Gasteiger charge is -2.39. The molecule has 1 aromatic carbocycles. The minimum absolute atomic E-state index is 0.0361. The molecular formula is C21H25Cl2NO2. The maximum Gasteiger partial charge on any atom is 0.229 e. The van der Waals surface area contributed by atoms with Crippen molar-refractivity contribution in [2.75, 3.05) is 19.8 Å². The van der Waals surface area contributed by atoms with Crippen LogP contribution in [0.1, 0.15) is 32.3 Å². The highest BCUT2D eigenvalue weighted by Gasteiger charge is 2.40. The molecule has 0 bridgehead atoms. The molecule has 140 valence electrons. The van der Waals surface area contributed by atoms with Crippen molar-refractivity contribution in [2.24, 2.45) is 5.92 Å². The van der Waals surface area contributed by atoms with Gasteiger partial charge in [-0.25, -0.2) is 0 Å². The van der Waals surface area contributed by atoms with Gasteiger partial charge in [0.2, 0.25) is 5.91 Å². The number of rotatable bonds is 4. The number of ether oxygens (including phenoxy) is 1. The Labute approximate surface area is 165 Å². The van der Waals surface area contributed by atoms with E-state index < -0.39 is 4.87 Å². The maximum atomic E-state index is 12.9. The van der Waals surface area contributed by atoms with Crippen LogP contribution >= 0.6 is 23.2 Å². The van der Waals surface area contributed by atoms with Gasteiger partial charge in [0, 0.05) is 30.2 Å². The summed E-state index contributed by atoms with van der Waals surface area (Å²) in [5.74, 6) is -0.415. The lowest BCUT2D eigenvalue weighted by atomic mass is 9.74. The number of halogens is 2. The molecule has 1 amide bonds. The summed E-state index contributed by atoms with van der Waals surface area (Å²) in [5, 5.41) is 3.88. The van der Waals surface area contributed by atoms with Crippen LogP contribution in [-0.2, 0) is 14.9 Å². The summed E-state index contributed by atoms with van der Waals surface area (Å²) in [6.07, 6.45) is 7.49.